The van der Waals surface area contributed by atoms with E-state index in [-0.39, 0.29) is 17.2 Å². The Kier molecular flexibility index (Phi) is 5.96. The number of amides is 2. The second-order valence-corrected chi connectivity index (χ2v) is 9.44. The Hall–Kier alpha value is -3.28. The van der Waals surface area contributed by atoms with Gasteiger partial charge in [0.1, 0.15) is 11.4 Å². The van der Waals surface area contributed by atoms with Gasteiger partial charge in [0, 0.05) is 37.1 Å². The van der Waals surface area contributed by atoms with E-state index in [4.69, 9.17) is 4.74 Å². The smallest absolute Gasteiger partial charge is 0.270 e. The van der Waals surface area contributed by atoms with Crippen molar-refractivity contribution < 1.29 is 14.3 Å². The first-order valence-corrected chi connectivity index (χ1v) is 11.1. The van der Waals surface area contributed by atoms with Crippen LogP contribution in [0.4, 0.5) is 0 Å². The Morgan fingerprint density at radius 3 is 2.38 bits per heavy atom. The van der Waals surface area contributed by atoms with Crippen LogP contribution in [0, 0.1) is 0 Å². The maximum absolute atomic E-state index is 13.1. The molecule has 1 aliphatic heterocycles. The van der Waals surface area contributed by atoms with Gasteiger partial charge < -0.3 is 19.5 Å². The summed E-state index contributed by atoms with van der Waals surface area (Å²) >= 11 is 0. The number of rotatable bonds is 4. The van der Waals surface area contributed by atoms with Crippen molar-refractivity contribution in [1.29, 1.82) is 0 Å². The fourth-order valence-electron chi connectivity index (χ4n) is 4.11. The molecule has 3 aromatic rings. The third kappa shape index (κ3) is 4.64. The maximum atomic E-state index is 13.1. The van der Waals surface area contributed by atoms with Crippen molar-refractivity contribution in [1.82, 2.24) is 14.8 Å². The van der Waals surface area contributed by atoms with Gasteiger partial charge in [-0.3, -0.25) is 9.59 Å². The van der Waals surface area contributed by atoms with Crippen LogP contribution < -0.4 is 4.74 Å². The van der Waals surface area contributed by atoms with E-state index in [2.05, 4.69) is 44.0 Å². The van der Waals surface area contributed by atoms with Gasteiger partial charge in [0.05, 0.1) is 13.5 Å². The summed E-state index contributed by atoms with van der Waals surface area (Å²) in [6, 6.07) is 15.8. The van der Waals surface area contributed by atoms with Gasteiger partial charge >= 0.3 is 0 Å². The molecule has 1 aliphatic rings. The van der Waals surface area contributed by atoms with E-state index in [1.807, 2.05) is 40.1 Å². The van der Waals surface area contributed by atoms with E-state index in [0.29, 0.717) is 38.3 Å². The second-order valence-electron chi connectivity index (χ2n) is 9.44. The summed E-state index contributed by atoms with van der Waals surface area (Å²) in [5.41, 5.74) is 3.79. The molecule has 6 heteroatoms. The topological polar surface area (TPSA) is 65.6 Å². The normalized spacial score (nSPS) is 14.6. The van der Waals surface area contributed by atoms with Crippen LogP contribution in [-0.2, 0) is 16.6 Å². The Morgan fingerprint density at radius 1 is 0.969 bits per heavy atom. The number of nitrogens with zero attached hydrogens (tertiary/aromatic N) is 2. The lowest BCUT2D eigenvalue weighted by atomic mass is 9.87. The molecule has 0 bridgehead atoms. The van der Waals surface area contributed by atoms with Crippen LogP contribution in [0.25, 0.3) is 10.9 Å². The van der Waals surface area contributed by atoms with Crippen LogP contribution in [0.2, 0.25) is 0 Å². The minimum Gasteiger partial charge on any atom is -0.497 e. The second kappa shape index (κ2) is 8.69. The summed E-state index contributed by atoms with van der Waals surface area (Å²) in [6.45, 7) is 8.69. The third-order valence-corrected chi connectivity index (χ3v) is 6.13. The predicted molar refractivity (Wildman–Crippen MR) is 126 cm³/mol. The number of ether oxygens (including phenoxy) is 1. The fourth-order valence-corrected chi connectivity index (χ4v) is 4.11. The van der Waals surface area contributed by atoms with Gasteiger partial charge in [0.25, 0.3) is 5.91 Å². The van der Waals surface area contributed by atoms with Gasteiger partial charge in [-0.1, -0.05) is 45.0 Å². The number of aromatic amines is 1. The average Bonchev–Trinajstić information content (AvgIpc) is 3.21. The molecule has 0 saturated carbocycles. The summed E-state index contributed by atoms with van der Waals surface area (Å²) in [4.78, 5) is 32.7. The van der Waals surface area contributed by atoms with Crippen molar-refractivity contribution in [3.05, 3.63) is 65.4 Å². The van der Waals surface area contributed by atoms with E-state index in [9.17, 15) is 9.59 Å². The first-order chi connectivity index (χ1) is 15.2. The highest BCUT2D eigenvalue weighted by Crippen LogP contribution is 2.26. The number of fused-ring (bicyclic) bond motifs is 1. The highest BCUT2D eigenvalue weighted by atomic mass is 16.5. The molecule has 0 radical (unpaired) electrons. The van der Waals surface area contributed by atoms with Gasteiger partial charge in [-0.05, 0) is 40.8 Å². The number of piperazine rings is 1. The maximum Gasteiger partial charge on any atom is 0.270 e. The number of carbonyl (C=O) groups is 2. The number of carbonyl (C=O) groups excluding carboxylic acids is 2. The van der Waals surface area contributed by atoms with E-state index in [1.165, 1.54) is 5.56 Å². The quantitative estimate of drug-likeness (QED) is 0.676. The summed E-state index contributed by atoms with van der Waals surface area (Å²) in [7, 11) is 1.62. The zero-order valence-corrected chi connectivity index (χ0v) is 19.3. The lowest BCUT2D eigenvalue weighted by molar-refractivity contribution is -0.131. The third-order valence-electron chi connectivity index (χ3n) is 6.13. The average molecular weight is 434 g/mol. The summed E-state index contributed by atoms with van der Waals surface area (Å²) in [5, 5.41) is 1.04. The molecular weight excluding hydrogens is 402 g/mol. The zero-order chi connectivity index (χ0) is 22.9. The highest BCUT2D eigenvalue weighted by Gasteiger charge is 2.26. The van der Waals surface area contributed by atoms with E-state index in [1.54, 1.807) is 7.11 Å². The number of methoxy groups -OCH3 is 1. The molecule has 1 N–H and O–H groups in total. The molecule has 2 heterocycles. The molecule has 1 fully saturated rings. The van der Waals surface area contributed by atoms with Crippen molar-refractivity contribution in [2.75, 3.05) is 33.3 Å². The fraction of sp³-hybridized carbons (Fsp3) is 0.385. The van der Waals surface area contributed by atoms with Gasteiger partial charge in [0.15, 0.2) is 0 Å². The van der Waals surface area contributed by atoms with Gasteiger partial charge in [0.2, 0.25) is 5.91 Å². The Bertz CT molecular complexity index is 1130. The van der Waals surface area contributed by atoms with Crippen LogP contribution in [0.3, 0.4) is 0 Å². The number of hydrogen-bond donors (Lipinski definition) is 1. The number of benzene rings is 2. The lowest BCUT2D eigenvalue weighted by Crippen LogP contribution is -2.51. The van der Waals surface area contributed by atoms with Gasteiger partial charge in [-0.15, -0.1) is 0 Å². The molecule has 4 rings (SSSR count). The SMILES string of the molecule is COc1cccc(CC(=O)N2CCN(C(=O)c3cc4ccc(C(C)(C)C)cc4[nH]3)CC2)c1. The Labute approximate surface area is 189 Å². The minimum atomic E-state index is -0.0154. The number of aromatic nitrogens is 1. The summed E-state index contributed by atoms with van der Waals surface area (Å²) in [5.74, 6) is 0.808. The van der Waals surface area contributed by atoms with Crippen molar-refractivity contribution >= 4 is 22.7 Å². The summed E-state index contributed by atoms with van der Waals surface area (Å²) in [6.07, 6.45) is 0.337. The monoisotopic (exact) mass is 433 g/mol. The molecule has 1 saturated heterocycles. The molecule has 2 amide bonds. The van der Waals surface area contributed by atoms with Crippen LogP contribution in [0.1, 0.15) is 42.4 Å². The number of nitrogens with one attached hydrogen (secondary N) is 1. The molecular formula is C26H31N3O3. The van der Waals surface area contributed by atoms with Crippen LogP contribution >= 0.6 is 0 Å². The summed E-state index contributed by atoms with van der Waals surface area (Å²) < 4.78 is 5.24. The van der Waals surface area contributed by atoms with Crippen molar-refractivity contribution in [3.63, 3.8) is 0 Å². The van der Waals surface area contributed by atoms with Gasteiger partial charge in [-0.25, -0.2) is 0 Å². The van der Waals surface area contributed by atoms with E-state index >= 15 is 0 Å². The molecule has 168 valence electrons. The largest absolute Gasteiger partial charge is 0.497 e. The molecule has 6 nitrogen and oxygen atoms in total. The zero-order valence-electron chi connectivity index (χ0n) is 19.3. The molecule has 1 aromatic heterocycles. The van der Waals surface area contributed by atoms with Crippen molar-refractivity contribution in [3.8, 4) is 5.75 Å². The first-order valence-electron chi connectivity index (χ1n) is 11.1. The minimum absolute atomic E-state index is 0.0154. The Morgan fingerprint density at radius 2 is 1.69 bits per heavy atom. The molecule has 0 aliphatic carbocycles. The predicted octanol–water partition coefficient (Wildman–Crippen LogP) is 4.00. The number of hydrogen-bond acceptors (Lipinski definition) is 3. The van der Waals surface area contributed by atoms with Crippen LogP contribution in [0.5, 0.6) is 5.75 Å². The molecule has 0 unspecified atom stereocenters. The van der Waals surface area contributed by atoms with E-state index < -0.39 is 0 Å². The van der Waals surface area contributed by atoms with Crippen LogP contribution in [-0.4, -0.2) is 59.9 Å². The Balaban J connectivity index is 1.38. The standard InChI is InChI=1S/C26H31N3O3/c1-26(2,3)20-9-8-19-16-23(27-22(19)17-20)25(31)29-12-10-28(11-13-29)24(30)15-18-6-5-7-21(14-18)32-4/h5-9,14,16-17,27H,10-13,15H2,1-4H3. The first kappa shape index (κ1) is 21.9. The highest BCUT2D eigenvalue weighted by molar-refractivity contribution is 5.98. The molecule has 0 spiro atoms. The van der Waals surface area contributed by atoms with Crippen molar-refractivity contribution in [2.24, 2.45) is 0 Å². The van der Waals surface area contributed by atoms with E-state index in [0.717, 1.165) is 22.2 Å². The van der Waals surface area contributed by atoms with Crippen molar-refractivity contribution in [2.45, 2.75) is 32.6 Å². The molecule has 2 aromatic carbocycles. The molecule has 32 heavy (non-hydrogen) atoms. The number of H-pyrrole nitrogens is 1. The van der Waals surface area contributed by atoms with Gasteiger partial charge in [-0.2, -0.15) is 0 Å². The lowest BCUT2D eigenvalue weighted by Gasteiger charge is -2.34. The molecule has 0 atom stereocenters. The van der Waals surface area contributed by atoms with Crippen LogP contribution in [0.15, 0.2) is 48.5 Å².